The molecule has 0 aliphatic rings. The lowest BCUT2D eigenvalue weighted by molar-refractivity contribution is -0.120. The molecule has 0 aliphatic heterocycles. The van der Waals surface area contributed by atoms with E-state index >= 15 is 0 Å². The molecule has 0 saturated heterocycles. The topological polar surface area (TPSA) is 67.0 Å². The summed E-state index contributed by atoms with van der Waals surface area (Å²) in [6, 6.07) is 13.4. The van der Waals surface area contributed by atoms with E-state index in [-0.39, 0.29) is 5.91 Å². The van der Waals surface area contributed by atoms with Crippen molar-refractivity contribution in [3.8, 4) is 5.75 Å². The van der Waals surface area contributed by atoms with E-state index < -0.39 is 0 Å². The van der Waals surface area contributed by atoms with Crippen LogP contribution in [0.1, 0.15) is 11.1 Å². The van der Waals surface area contributed by atoms with Crippen molar-refractivity contribution in [1.82, 2.24) is 15.3 Å². The monoisotopic (exact) mass is 295 g/mol. The van der Waals surface area contributed by atoms with Crippen molar-refractivity contribution in [2.24, 2.45) is 0 Å². The number of rotatable bonds is 5. The number of methoxy groups -OCH3 is 1. The summed E-state index contributed by atoms with van der Waals surface area (Å²) in [6.07, 6.45) is 1.99. The third-order valence-electron chi connectivity index (χ3n) is 3.52. The summed E-state index contributed by atoms with van der Waals surface area (Å²) in [6.45, 7) is 0.454. The van der Waals surface area contributed by atoms with Crippen molar-refractivity contribution < 1.29 is 9.53 Å². The highest BCUT2D eigenvalue weighted by Gasteiger charge is 2.07. The standard InChI is InChI=1S/C17H17N3O2/c1-22-16-5-3-2-4-13(16)10-18-17(21)9-12-6-7-14-15(8-12)20-11-19-14/h2-8,11H,9-10H2,1H3,(H,18,21)(H,19,20). The van der Waals surface area contributed by atoms with Gasteiger partial charge >= 0.3 is 0 Å². The van der Waals surface area contributed by atoms with Gasteiger partial charge in [-0.15, -0.1) is 0 Å². The van der Waals surface area contributed by atoms with Crippen LogP contribution >= 0.6 is 0 Å². The number of fused-ring (bicyclic) bond motifs is 1. The van der Waals surface area contributed by atoms with Gasteiger partial charge in [0.05, 0.1) is 30.9 Å². The normalized spacial score (nSPS) is 10.6. The first-order chi connectivity index (χ1) is 10.8. The third-order valence-corrected chi connectivity index (χ3v) is 3.52. The summed E-state index contributed by atoms with van der Waals surface area (Å²) in [5.74, 6) is 0.756. The van der Waals surface area contributed by atoms with E-state index in [2.05, 4.69) is 15.3 Å². The van der Waals surface area contributed by atoms with Gasteiger partial charge in [0.1, 0.15) is 5.75 Å². The molecular weight excluding hydrogens is 278 g/mol. The number of nitrogens with zero attached hydrogens (tertiary/aromatic N) is 1. The number of imidazole rings is 1. The first-order valence-corrected chi connectivity index (χ1v) is 7.07. The fourth-order valence-electron chi connectivity index (χ4n) is 2.38. The second kappa shape index (κ2) is 6.30. The lowest BCUT2D eigenvalue weighted by Gasteiger charge is -2.09. The molecule has 0 radical (unpaired) electrons. The molecule has 2 aromatic carbocycles. The molecule has 1 amide bonds. The highest BCUT2D eigenvalue weighted by Crippen LogP contribution is 2.17. The maximum atomic E-state index is 12.1. The van der Waals surface area contributed by atoms with Crippen LogP contribution in [0.25, 0.3) is 11.0 Å². The van der Waals surface area contributed by atoms with Gasteiger partial charge in [0.15, 0.2) is 0 Å². The molecule has 0 spiro atoms. The molecule has 5 nitrogen and oxygen atoms in total. The van der Waals surface area contributed by atoms with Crippen LogP contribution in [-0.2, 0) is 17.8 Å². The predicted molar refractivity (Wildman–Crippen MR) is 84.6 cm³/mol. The predicted octanol–water partition coefficient (Wildman–Crippen LogP) is 2.43. The molecule has 0 saturated carbocycles. The fourth-order valence-corrected chi connectivity index (χ4v) is 2.38. The van der Waals surface area contributed by atoms with E-state index in [9.17, 15) is 4.79 Å². The maximum Gasteiger partial charge on any atom is 0.224 e. The molecule has 0 atom stereocenters. The van der Waals surface area contributed by atoms with Gasteiger partial charge in [-0.05, 0) is 23.8 Å². The molecule has 3 rings (SSSR count). The first kappa shape index (κ1) is 14.1. The Labute approximate surface area is 128 Å². The van der Waals surface area contributed by atoms with E-state index in [0.29, 0.717) is 13.0 Å². The molecule has 2 N–H and O–H groups in total. The molecule has 5 heteroatoms. The van der Waals surface area contributed by atoms with Crippen LogP contribution in [0.15, 0.2) is 48.8 Å². The second-order valence-electron chi connectivity index (χ2n) is 5.02. The molecule has 0 bridgehead atoms. The number of ether oxygens (including phenoxy) is 1. The van der Waals surface area contributed by atoms with Crippen LogP contribution < -0.4 is 10.1 Å². The Bertz CT molecular complexity index is 795. The van der Waals surface area contributed by atoms with E-state index in [1.807, 2.05) is 42.5 Å². The van der Waals surface area contributed by atoms with Crippen LogP contribution in [0.5, 0.6) is 5.75 Å². The molecule has 22 heavy (non-hydrogen) atoms. The van der Waals surface area contributed by atoms with Crippen molar-refractivity contribution >= 4 is 16.9 Å². The molecule has 112 valence electrons. The number of aromatic amines is 1. The Morgan fingerprint density at radius 3 is 3.00 bits per heavy atom. The molecule has 0 unspecified atom stereocenters. The van der Waals surface area contributed by atoms with Crippen LogP contribution in [0.3, 0.4) is 0 Å². The number of para-hydroxylation sites is 1. The number of benzene rings is 2. The van der Waals surface area contributed by atoms with E-state index in [0.717, 1.165) is 27.9 Å². The average molecular weight is 295 g/mol. The van der Waals surface area contributed by atoms with Crippen molar-refractivity contribution in [3.63, 3.8) is 0 Å². The Hall–Kier alpha value is -2.82. The zero-order chi connectivity index (χ0) is 15.4. The summed E-state index contributed by atoms with van der Waals surface area (Å²) in [5, 5.41) is 2.92. The highest BCUT2D eigenvalue weighted by molar-refractivity contribution is 5.81. The zero-order valence-electron chi connectivity index (χ0n) is 12.3. The van der Waals surface area contributed by atoms with Gasteiger partial charge < -0.3 is 15.0 Å². The van der Waals surface area contributed by atoms with Crippen molar-refractivity contribution in [3.05, 3.63) is 59.9 Å². The summed E-state index contributed by atoms with van der Waals surface area (Å²) in [7, 11) is 1.63. The minimum atomic E-state index is -0.0234. The summed E-state index contributed by atoms with van der Waals surface area (Å²) in [4.78, 5) is 19.3. The number of hydrogen-bond donors (Lipinski definition) is 2. The number of carbonyl (C=O) groups is 1. The Kier molecular flexibility index (Phi) is 4.05. The van der Waals surface area contributed by atoms with Crippen molar-refractivity contribution in [2.45, 2.75) is 13.0 Å². The maximum absolute atomic E-state index is 12.1. The zero-order valence-corrected chi connectivity index (χ0v) is 12.3. The number of hydrogen-bond acceptors (Lipinski definition) is 3. The molecule has 1 aromatic heterocycles. The number of nitrogens with one attached hydrogen (secondary N) is 2. The molecule has 0 fully saturated rings. The SMILES string of the molecule is COc1ccccc1CNC(=O)Cc1ccc2nc[nH]c2c1. The first-order valence-electron chi connectivity index (χ1n) is 7.07. The minimum Gasteiger partial charge on any atom is -0.496 e. The van der Waals surface area contributed by atoms with Gasteiger partial charge in [0.2, 0.25) is 5.91 Å². The molecule has 0 aliphatic carbocycles. The third kappa shape index (κ3) is 3.09. The number of H-pyrrole nitrogens is 1. The van der Waals surface area contributed by atoms with Crippen molar-refractivity contribution in [1.29, 1.82) is 0 Å². The molecule has 3 aromatic rings. The van der Waals surface area contributed by atoms with Gasteiger partial charge in [-0.25, -0.2) is 4.98 Å². The molecular formula is C17H17N3O2. The number of aromatic nitrogens is 2. The summed E-state index contributed by atoms with van der Waals surface area (Å²) >= 11 is 0. The van der Waals surface area contributed by atoms with Gasteiger partial charge in [0.25, 0.3) is 0 Å². The summed E-state index contributed by atoms with van der Waals surface area (Å²) in [5.41, 5.74) is 3.75. The quantitative estimate of drug-likeness (QED) is 0.759. The largest absolute Gasteiger partial charge is 0.496 e. The Balaban J connectivity index is 1.62. The number of amides is 1. The Morgan fingerprint density at radius 1 is 1.27 bits per heavy atom. The summed E-state index contributed by atoms with van der Waals surface area (Å²) < 4.78 is 5.27. The molecule has 1 heterocycles. The van der Waals surface area contributed by atoms with Gasteiger partial charge in [-0.3, -0.25) is 4.79 Å². The lowest BCUT2D eigenvalue weighted by Crippen LogP contribution is -2.24. The van der Waals surface area contributed by atoms with Crippen LogP contribution in [0.4, 0.5) is 0 Å². The Morgan fingerprint density at radius 2 is 2.14 bits per heavy atom. The smallest absolute Gasteiger partial charge is 0.224 e. The average Bonchev–Trinajstić information content (AvgIpc) is 3.01. The van der Waals surface area contributed by atoms with Gasteiger partial charge in [-0.1, -0.05) is 24.3 Å². The van der Waals surface area contributed by atoms with Crippen molar-refractivity contribution in [2.75, 3.05) is 7.11 Å². The second-order valence-corrected chi connectivity index (χ2v) is 5.02. The highest BCUT2D eigenvalue weighted by atomic mass is 16.5. The van der Waals surface area contributed by atoms with E-state index in [1.54, 1.807) is 13.4 Å². The van der Waals surface area contributed by atoms with E-state index in [1.165, 1.54) is 0 Å². The van der Waals surface area contributed by atoms with Crippen LogP contribution in [0.2, 0.25) is 0 Å². The van der Waals surface area contributed by atoms with Gasteiger partial charge in [0, 0.05) is 12.1 Å². The van der Waals surface area contributed by atoms with Crippen LogP contribution in [-0.4, -0.2) is 23.0 Å². The fraction of sp³-hybridized carbons (Fsp3) is 0.176. The lowest BCUT2D eigenvalue weighted by atomic mass is 10.1. The minimum absolute atomic E-state index is 0.0234. The number of carbonyl (C=O) groups excluding carboxylic acids is 1. The van der Waals surface area contributed by atoms with Crippen LogP contribution in [0, 0.1) is 0 Å². The van der Waals surface area contributed by atoms with E-state index in [4.69, 9.17) is 4.74 Å². The van der Waals surface area contributed by atoms with Gasteiger partial charge in [-0.2, -0.15) is 0 Å².